The van der Waals surface area contributed by atoms with Gasteiger partial charge in [0.05, 0.1) is 11.8 Å². The number of furan rings is 1. The molecule has 0 spiro atoms. The van der Waals surface area contributed by atoms with Crippen molar-refractivity contribution in [3.63, 3.8) is 0 Å². The second-order valence-electron chi connectivity index (χ2n) is 3.60. The largest absolute Gasteiger partial charge is 0.468 e. The van der Waals surface area contributed by atoms with Gasteiger partial charge in [0, 0.05) is 19.4 Å². The van der Waals surface area contributed by atoms with Crippen molar-refractivity contribution in [3.8, 4) is 0 Å². The fourth-order valence-electron chi connectivity index (χ4n) is 1.85. The van der Waals surface area contributed by atoms with E-state index in [0.29, 0.717) is 12.8 Å². The van der Waals surface area contributed by atoms with E-state index in [1.54, 1.807) is 6.26 Å². The van der Waals surface area contributed by atoms with Crippen molar-refractivity contribution < 1.29 is 14.3 Å². The maximum Gasteiger partial charge on any atom is 0.167 e. The lowest BCUT2D eigenvalue weighted by Gasteiger charge is -2.17. The van der Waals surface area contributed by atoms with Crippen LogP contribution in [0.4, 0.5) is 0 Å². The van der Waals surface area contributed by atoms with Gasteiger partial charge in [-0.15, -0.1) is 0 Å². The lowest BCUT2D eigenvalue weighted by Crippen LogP contribution is -2.21. The number of ketones is 1. The zero-order valence-electron chi connectivity index (χ0n) is 7.54. The molecule has 0 fully saturated rings. The number of aliphatic hydroxyl groups is 1. The minimum Gasteiger partial charge on any atom is -0.468 e. The Morgan fingerprint density at radius 2 is 2.38 bits per heavy atom. The number of rotatable bonds is 1. The molecule has 1 N–H and O–H groups in total. The van der Waals surface area contributed by atoms with Gasteiger partial charge in [-0.3, -0.25) is 4.79 Å². The summed E-state index contributed by atoms with van der Waals surface area (Å²) in [5, 5.41) is 8.95. The number of aliphatic hydroxyl groups excluding tert-OH is 1. The highest BCUT2D eigenvalue weighted by molar-refractivity contribution is 5.99. The van der Waals surface area contributed by atoms with Crippen molar-refractivity contribution in [2.75, 3.05) is 6.61 Å². The molecule has 3 nitrogen and oxygen atoms in total. The quantitative estimate of drug-likeness (QED) is 0.709. The van der Waals surface area contributed by atoms with Gasteiger partial charge < -0.3 is 9.52 Å². The van der Waals surface area contributed by atoms with Gasteiger partial charge in [0.25, 0.3) is 0 Å². The molecule has 0 radical (unpaired) electrons. The third-order valence-corrected chi connectivity index (χ3v) is 2.54. The first-order valence-corrected chi connectivity index (χ1v) is 4.43. The minimum absolute atomic E-state index is 0.0468. The van der Waals surface area contributed by atoms with Gasteiger partial charge in [0.1, 0.15) is 5.76 Å². The third kappa shape index (κ3) is 1.29. The molecule has 1 aliphatic carbocycles. The van der Waals surface area contributed by atoms with Crippen LogP contribution < -0.4 is 0 Å². The van der Waals surface area contributed by atoms with E-state index in [0.717, 1.165) is 16.9 Å². The van der Waals surface area contributed by atoms with Crippen molar-refractivity contribution >= 4 is 5.78 Å². The van der Waals surface area contributed by atoms with Crippen LogP contribution in [-0.2, 0) is 6.42 Å². The second kappa shape index (κ2) is 3.00. The van der Waals surface area contributed by atoms with Gasteiger partial charge in [-0.05, 0) is 18.4 Å². The topological polar surface area (TPSA) is 50.4 Å². The summed E-state index contributed by atoms with van der Waals surface area (Å²) in [6, 6.07) is 0. The van der Waals surface area contributed by atoms with Crippen molar-refractivity contribution in [1.29, 1.82) is 0 Å². The summed E-state index contributed by atoms with van der Waals surface area (Å²) in [7, 11) is 0. The maximum absolute atomic E-state index is 11.6. The van der Waals surface area contributed by atoms with E-state index in [1.807, 2.05) is 6.92 Å². The number of aryl methyl sites for hydroxylation is 1. The summed E-state index contributed by atoms with van der Waals surface area (Å²) in [6.45, 7) is 1.93. The van der Waals surface area contributed by atoms with Crippen LogP contribution in [0.25, 0.3) is 0 Å². The fraction of sp³-hybridized carbons (Fsp3) is 0.500. The van der Waals surface area contributed by atoms with Crippen molar-refractivity contribution in [1.82, 2.24) is 0 Å². The first-order chi connectivity index (χ1) is 6.22. The molecule has 0 aliphatic heterocycles. The summed E-state index contributed by atoms with van der Waals surface area (Å²) in [5.74, 6) is 0.893. The Hall–Kier alpha value is -1.09. The SMILES string of the molecule is Cc1coc2c1C(=O)CC(CO)C2. The van der Waals surface area contributed by atoms with Crippen molar-refractivity contribution in [2.24, 2.45) is 5.92 Å². The molecular formula is C10H12O3. The Bertz CT molecular complexity index is 338. The molecule has 3 heteroatoms. The predicted molar refractivity (Wildman–Crippen MR) is 46.7 cm³/mol. The molecule has 0 saturated carbocycles. The Labute approximate surface area is 76.4 Å². The molecule has 1 aromatic heterocycles. The number of hydrogen-bond donors (Lipinski definition) is 1. The van der Waals surface area contributed by atoms with Crippen molar-refractivity contribution in [2.45, 2.75) is 19.8 Å². The van der Waals surface area contributed by atoms with Gasteiger partial charge in [-0.25, -0.2) is 0 Å². The summed E-state index contributed by atoms with van der Waals surface area (Å²) in [5.41, 5.74) is 1.65. The van der Waals surface area contributed by atoms with Crippen molar-refractivity contribution in [3.05, 3.63) is 23.2 Å². The lowest BCUT2D eigenvalue weighted by molar-refractivity contribution is 0.0910. The molecule has 0 amide bonds. The van der Waals surface area contributed by atoms with Gasteiger partial charge in [0.15, 0.2) is 5.78 Å². The molecule has 2 rings (SSSR count). The van der Waals surface area contributed by atoms with Gasteiger partial charge >= 0.3 is 0 Å². The van der Waals surface area contributed by atoms with Crippen LogP contribution in [0.1, 0.15) is 28.1 Å². The van der Waals surface area contributed by atoms with Crippen LogP contribution in [0.2, 0.25) is 0 Å². The van der Waals surface area contributed by atoms with E-state index >= 15 is 0 Å². The molecule has 13 heavy (non-hydrogen) atoms. The van der Waals surface area contributed by atoms with Crippen LogP contribution in [0.15, 0.2) is 10.7 Å². The maximum atomic E-state index is 11.6. The highest BCUT2D eigenvalue weighted by Gasteiger charge is 2.28. The minimum atomic E-state index is 0.0468. The summed E-state index contributed by atoms with van der Waals surface area (Å²) in [4.78, 5) is 11.6. The number of hydrogen-bond acceptors (Lipinski definition) is 3. The van der Waals surface area contributed by atoms with E-state index < -0.39 is 0 Å². The third-order valence-electron chi connectivity index (χ3n) is 2.54. The monoisotopic (exact) mass is 180 g/mol. The summed E-state index contributed by atoms with van der Waals surface area (Å²) >= 11 is 0. The van der Waals surface area contributed by atoms with E-state index in [-0.39, 0.29) is 18.3 Å². The van der Waals surface area contributed by atoms with E-state index in [4.69, 9.17) is 9.52 Å². The highest BCUT2D eigenvalue weighted by atomic mass is 16.3. The summed E-state index contributed by atoms with van der Waals surface area (Å²) in [6.07, 6.45) is 2.75. The molecule has 1 aromatic rings. The lowest BCUT2D eigenvalue weighted by atomic mass is 9.86. The van der Waals surface area contributed by atoms with Gasteiger partial charge in [-0.1, -0.05) is 0 Å². The smallest absolute Gasteiger partial charge is 0.167 e. The van der Waals surface area contributed by atoms with Crippen LogP contribution in [0.5, 0.6) is 0 Å². The van der Waals surface area contributed by atoms with Crippen LogP contribution >= 0.6 is 0 Å². The second-order valence-corrected chi connectivity index (χ2v) is 3.60. The number of Topliss-reactive ketones (excluding diaryl/α,β-unsaturated/α-hetero) is 1. The average molecular weight is 180 g/mol. The zero-order valence-corrected chi connectivity index (χ0v) is 7.54. The molecule has 1 aliphatic rings. The van der Waals surface area contributed by atoms with Crippen LogP contribution in [0, 0.1) is 12.8 Å². The first kappa shape index (κ1) is 8.51. The van der Waals surface area contributed by atoms with E-state index in [2.05, 4.69) is 0 Å². The van der Waals surface area contributed by atoms with Gasteiger partial charge in [-0.2, -0.15) is 0 Å². The Morgan fingerprint density at radius 3 is 3.08 bits per heavy atom. The molecular weight excluding hydrogens is 168 g/mol. The molecule has 1 atom stereocenters. The van der Waals surface area contributed by atoms with Gasteiger partial charge in [0.2, 0.25) is 0 Å². The van der Waals surface area contributed by atoms with E-state index in [1.165, 1.54) is 0 Å². The normalized spacial score (nSPS) is 21.7. The highest BCUT2D eigenvalue weighted by Crippen LogP contribution is 2.28. The summed E-state index contributed by atoms with van der Waals surface area (Å²) < 4.78 is 5.26. The van der Waals surface area contributed by atoms with Crippen LogP contribution in [0.3, 0.4) is 0 Å². The molecule has 1 heterocycles. The molecule has 0 saturated heterocycles. The van der Waals surface area contributed by atoms with Crippen LogP contribution in [-0.4, -0.2) is 17.5 Å². The fourth-order valence-corrected chi connectivity index (χ4v) is 1.85. The Balaban J connectivity index is 2.39. The molecule has 70 valence electrons. The first-order valence-electron chi connectivity index (χ1n) is 4.43. The number of fused-ring (bicyclic) bond motifs is 1. The molecule has 1 unspecified atom stereocenters. The zero-order chi connectivity index (χ0) is 9.42. The molecule has 0 bridgehead atoms. The standard InChI is InChI=1S/C10H12O3/c1-6-5-13-9-3-7(4-11)2-8(12)10(6)9/h5,7,11H,2-4H2,1H3. The Morgan fingerprint density at radius 1 is 1.62 bits per heavy atom. The average Bonchev–Trinajstić information content (AvgIpc) is 2.48. The predicted octanol–water partition coefficient (Wildman–Crippen LogP) is 1.33. The van der Waals surface area contributed by atoms with E-state index in [9.17, 15) is 4.79 Å². The molecule has 0 aromatic carbocycles. The number of carbonyl (C=O) groups excluding carboxylic acids is 1. The number of carbonyl (C=O) groups is 1. The Kier molecular flexibility index (Phi) is 1.96.